The summed E-state index contributed by atoms with van der Waals surface area (Å²) in [6, 6.07) is 7.99. The fraction of sp³-hybridized carbons (Fsp3) is 0.529. The van der Waals surface area contributed by atoms with Gasteiger partial charge < -0.3 is 15.5 Å². The molecule has 1 aliphatic heterocycles. The Kier molecular flexibility index (Phi) is 6.03. The van der Waals surface area contributed by atoms with Crippen LogP contribution in [0.1, 0.15) is 40.0 Å². The summed E-state index contributed by atoms with van der Waals surface area (Å²) in [7, 11) is 0. The van der Waals surface area contributed by atoms with E-state index >= 15 is 0 Å². The Hall–Kier alpha value is -1.14. The summed E-state index contributed by atoms with van der Waals surface area (Å²) in [6.07, 6.45) is 2.32. The molecular weight excluding hydrogens is 374 g/mol. The third-order valence-corrected chi connectivity index (χ3v) is 4.84. The Morgan fingerprint density at radius 2 is 2.09 bits per heavy atom. The zero-order valence-corrected chi connectivity index (χ0v) is 16.3. The number of hydrogen-bond acceptors (Lipinski definition) is 2. The Morgan fingerprint density at radius 3 is 2.70 bits per heavy atom. The van der Waals surface area contributed by atoms with E-state index in [1.807, 2.05) is 24.3 Å². The average Bonchev–Trinajstić information content (AvgIpc) is 2.43. The van der Waals surface area contributed by atoms with Crippen molar-refractivity contribution < 1.29 is 4.79 Å². The maximum atomic E-state index is 12.0. The number of amides is 1. The SMILES string of the molecule is C[C@@H]1CC(C)(C)NC(=S)N1CCCC(=O)Nc1ccc(Br)cc1. The summed E-state index contributed by atoms with van der Waals surface area (Å²) in [5.41, 5.74) is 0.870. The third kappa shape index (κ3) is 5.46. The highest BCUT2D eigenvalue weighted by Crippen LogP contribution is 2.22. The topological polar surface area (TPSA) is 44.4 Å². The number of hydrogen-bond donors (Lipinski definition) is 2. The quantitative estimate of drug-likeness (QED) is 0.739. The lowest BCUT2D eigenvalue weighted by atomic mass is 9.93. The molecule has 4 nitrogen and oxygen atoms in total. The Morgan fingerprint density at radius 1 is 1.43 bits per heavy atom. The van der Waals surface area contributed by atoms with Gasteiger partial charge >= 0.3 is 0 Å². The molecule has 0 aliphatic carbocycles. The van der Waals surface area contributed by atoms with E-state index in [0.717, 1.165) is 34.7 Å². The van der Waals surface area contributed by atoms with Gasteiger partial charge in [-0.15, -0.1) is 0 Å². The molecule has 0 aromatic heterocycles. The molecule has 1 amide bonds. The van der Waals surface area contributed by atoms with Crippen LogP contribution in [-0.2, 0) is 4.79 Å². The van der Waals surface area contributed by atoms with Crippen LogP contribution in [-0.4, -0.2) is 34.0 Å². The van der Waals surface area contributed by atoms with E-state index in [-0.39, 0.29) is 11.4 Å². The van der Waals surface area contributed by atoms with Crippen LogP contribution < -0.4 is 10.6 Å². The molecule has 1 heterocycles. The molecule has 0 unspecified atom stereocenters. The van der Waals surface area contributed by atoms with Crippen LogP contribution in [0.15, 0.2) is 28.7 Å². The first-order chi connectivity index (χ1) is 10.8. The van der Waals surface area contributed by atoms with E-state index < -0.39 is 0 Å². The normalized spacial score (nSPS) is 20.1. The van der Waals surface area contributed by atoms with E-state index in [1.54, 1.807) is 0 Å². The second kappa shape index (κ2) is 7.62. The summed E-state index contributed by atoms with van der Waals surface area (Å²) in [4.78, 5) is 14.2. The van der Waals surface area contributed by atoms with Crippen LogP contribution in [0.25, 0.3) is 0 Å². The third-order valence-electron chi connectivity index (χ3n) is 3.97. The van der Waals surface area contributed by atoms with Crippen LogP contribution in [0.2, 0.25) is 0 Å². The lowest BCUT2D eigenvalue weighted by Crippen LogP contribution is -2.60. The molecule has 1 aromatic rings. The van der Waals surface area contributed by atoms with Crippen LogP contribution >= 0.6 is 28.1 Å². The predicted molar refractivity (Wildman–Crippen MR) is 103 cm³/mol. The van der Waals surface area contributed by atoms with Gasteiger partial charge in [-0.05, 0) is 70.1 Å². The van der Waals surface area contributed by atoms with Gasteiger partial charge in [-0.2, -0.15) is 0 Å². The van der Waals surface area contributed by atoms with Crippen molar-refractivity contribution in [2.75, 3.05) is 11.9 Å². The fourth-order valence-electron chi connectivity index (χ4n) is 2.95. The maximum absolute atomic E-state index is 12.0. The number of thiocarbonyl (C=S) groups is 1. The van der Waals surface area contributed by atoms with Crippen molar-refractivity contribution in [3.63, 3.8) is 0 Å². The van der Waals surface area contributed by atoms with E-state index in [4.69, 9.17) is 12.2 Å². The molecular formula is C17H24BrN3OS. The molecule has 1 fully saturated rings. The highest BCUT2D eigenvalue weighted by Gasteiger charge is 2.32. The van der Waals surface area contributed by atoms with Crippen molar-refractivity contribution in [1.29, 1.82) is 0 Å². The second-order valence-electron chi connectivity index (χ2n) is 6.72. The van der Waals surface area contributed by atoms with Crippen molar-refractivity contribution in [2.45, 2.75) is 51.6 Å². The first-order valence-corrected chi connectivity index (χ1v) is 9.11. The van der Waals surface area contributed by atoms with Crippen LogP contribution in [0.4, 0.5) is 5.69 Å². The van der Waals surface area contributed by atoms with E-state index in [2.05, 4.69) is 52.2 Å². The molecule has 2 rings (SSSR count). The minimum Gasteiger partial charge on any atom is -0.358 e. The first-order valence-electron chi connectivity index (χ1n) is 7.91. The molecule has 1 saturated heterocycles. The molecule has 23 heavy (non-hydrogen) atoms. The van der Waals surface area contributed by atoms with Crippen LogP contribution in [0, 0.1) is 0 Å². The minimum atomic E-state index is 0.0381. The number of anilines is 1. The number of nitrogens with zero attached hydrogens (tertiary/aromatic N) is 1. The minimum absolute atomic E-state index is 0.0381. The maximum Gasteiger partial charge on any atom is 0.224 e. The number of nitrogens with one attached hydrogen (secondary N) is 2. The smallest absolute Gasteiger partial charge is 0.224 e. The molecule has 0 saturated carbocycles. The van der Waals surface area contributed by atoms with Gasteiger partial charge in [-0.3, -0.25) is 4.79 Å². The van der Waals surface area contributed by atoms with Crippen molar-refractivity contribution in [3.05, 3.63) is 28.7 Å². The van der Waals surface area contributed by atoms with Gasteiger partial charge in [0.1, 0.15) is 0 Å². The van der Waals surface area contributed by atoms with Gasteiger partial charge in [0.15, 0.2) is 5.11 Å². The molecule has 2 N–H and O–H groups in total. The Bertz CT molecular complexity index is 574. The number of benzene rings is 1. The highest BCUT2D eigenvalue weighted by molar-refractivity contribution is 9.10. The largest absolute Gasteiger partial charge is 0.358 e. The van der Waals surface area contributed by atoms with Gasteiger partial charge in [0.25, 0.3) is 0 Å². The predicted octanol–water partition coefficient (Wildman–Crippen LogP) is 3.92. The molecule has 1 atom stereocenters. The van der Waals surface area contributed by atoms with E-state index in [0.29, 0.717) is 12.5 Å². The first kappa shape index (κ1) is 18.2. The van der Waals surface area contributed by atoms with Gasteiger partial charge in [0.05, 0.1) is 0 Å². The lowest BCUT2D eigenvalue weighted by molar-refractivity contribution is -0.116. The van der Waals surface area contributed by atoms with Crippen molar-refractivity contribution >= 4 is 44.9 Å². The number of rotatable bonds is 5. The number of carbonyl (C=O) groups is 1. The molecule has 1 aliphatic rings. The molecule has 0 bridgehead atoms. The van der Waals surface area contributed by atoms with E-state index in [1.165, 1.54) is 0 Å². The summed E-state index contributed by atoms with van der Waals surface area (Å²) < 4.78 is 0.999. The number of halogens is 1. The van der Waals surface area contributed by atoms with E-state index in [9.17, 15) is 4.79 Å². The molecule has 6 heteroatoms. The Balaban J connectivity index is 1.77. The van der Waals surface area contributed by atoms with Gasteiger partial charge in [-0.25, -0.2) is 0 Å². The zero-order valence-electron chi connectivity index (χ0n) is 13.9. The average molecular weight is 398 g/mol. The standard InChI is InChI=1S/C17H24BrN3OS/c1-12-11-17(2,3)20-16(23)21(12)10-4-5-15(22)19-14-8-6-13(18)7-9-14/h6-9,12H,4-5,10-11H2,1-3H3,(H,19,22)(H,20,23)/t12-/m1/s1. The lowest BCUT2D eigenvalue weighted by Gasteiger charge is -2.44. The molecule has 0 radical (unpaired) electrons. The van der Waals surface area contributed by atoms with Crippen molar-refractivity contribution in [2.24, 2.45) is 0 Å². The second-order valence-corrected chi connectivity index (χ2v) is 8.02. The Labute approximate surface area is 152 Å². The summed E-state index contributed by atoms with van der Waals surface area (Å²) in [5.74, 6) is 0.0381. The van der Waals surface area contributed by atoms with Gasteiger partial charge in [0.2, 0.25) is 5.91 Å². The molecule has 1 aromatic carbocycles. The highest BCUT2D eigenvalue weighted by atomic mass is 79.9. The molecule has 0 spiro atoms. The van der Waals surface area contributed by atoms with Crippen LogP contribution in [0.5, 0.6) is 0 Å². The summed E-state index contributed by atoms with van der Waals surface area (Å²) in [6.45, 7) is 7.32. The van der Waals surface area contributed by atoms with Gasteiger partial charge in [-0.1, -0.05) is 15.9 Å². The number of carbonyl (C=O) groups excluding carboxylic acids is 1. The monoisotopic (exact) mass is 397 g/mol. The summed E-state index contributed by atoms with van der Waals surface area (Å²) >= 11 is 8.84. The van der Waals surface area contributed by atoms with Crippen molar-refractivity contribution in [1.82, 2.24) is 10.2 Å². The molecule has 126 valence electrons. The summed E-state index contributed by atoms with van der Waals surface area (Å²) in [5, 5.41) is 7.08. The van der Waals surface area contributed by atoms with Gasteiger partial charge in [0, 0.05) is 34.7 Å². The zero-order chi connectivity index (χ0) is 17.0. The van der Waals surface area contributed by atoms with Crippen molar-refractivity contribution in [3.8, 4) is 0 Å². The van der Waals surface area contributed by atoms with Crippen LogP contribution in [0.3, 0.4) is 0 Å². The fourth-order valence-corrected chi connectivity index (χ4v) is 3.76.